The van der Waals surface area contributed by atoms with Crippen molar-refractivity contribution in [3.8, 4) is 0 Å². The molecule has 0 aliphatic carbocycles. The maximum Gasteiger partial charge on any atom is 0.0822 e. The predicted molar refractivity (Wildman–Crippen MR) is 42.4 cm³/mol. The molecule has 0 aromatic carbocycles. The van der Waals surface area contributed by atoms with Crippen LogP contribution in [0.15, 0.2) is 0 Å². The van der Waals surface area contributed by atoms with Crippen molar-refractivity contribution in [1.29, 1.82) is 0 Å². The largest absolute Gasteiger partial charge is 0.237 e. The Hall–Kier alpha value is 0.310. The van der Waals surface area contributed by atoms with E-state index < -0.39 is 0 Å². The molecule has 0 spiro atoms. The molecule has 0 unspecified atom stereocenters. The first-order valence-electron chi connectivity index (χ1n) is 3.49. The maximum absolute atomic E-state index is 9.96. The van der Waals surface area contributed by atoms with Crippen LogP contribution in [0.4, 0.5) is 0 Å². The molecule has 9 heavy (non-hydrogen) atoms. The Morgan fingerprint density at radius 1 is 1.11 bits per heavy atom. The Bertz CT molecular complexity index is 42.2. The van der Waals surface area contributed by atoms with Crippen molar-refractivity contribution in [2.24, 2.45) is 0 Å². The van der Waals surface area contributed by atoms with E-state index >= 15 is 0 Å². The van der Waals surface area contributed by atoms with Gasteiger partial charge in [-0.15, -0.1) is 0 Å². The van der Waals surface area contributed by atoms with Gasteiger partial charge < -0.3 is 0 Å². The topological polar surface area (TPSA) is 19.9 Å². The Labute approximate surface area is 61.8 Å². The average molecular weight is 147 g/mol. The Balaban J connectivity index is 2.60. The lowest BCUT2D eigenvalue weighted by Crippen LogP contribution is -1.83. The van der Waals surface area contributed by atoms with Crippen molar-refractivity contribution in [2.45, 2.75) is 25.7 Å². The molecular formula is C7H15OS. The van der Waals surface area contributed by atoms with Gasteiger partial charge in [0.2, 0.25) is 0 Å². The molecule has 0 N–H and O–H groups in total. The lowest BCUT2D eigenvalue weighted by Gasteiger charge is -1.95. The van der Waals surface area contributed by atoms with Crippen LogP contribution in [-0.2, 0) is 5.11 Å². The molecule has 0 saturated carbocycles. The van der Waals surface area contributed by atoms with E-state index in [2.05, 4.69) is 6.26 Å². The quantitative estimate of drug-likeness (QED) is 0.528. The summed E-state index contributed by atoms with van der Waals surface area (Å²) in [7, 11) is 0. The fourth-order valence-corrected chi connectivity index (χ4v) is 1.19. The third kappa shape index (κ3) is 8.31. The van der Waals surface area contributed by atoms with Crippen molar-refractivity contribution in [2.75, 3.05) is 18.6 Å². The van der Waals surface area contributed by atoms with Crippen LogP contribution in [0.25, 0.3) is 0 Å². The molecular weight excluding hydrogens is 132 g/mol. The van der Waals surface area contributed by atoms with Gasteiger partial charge in [-0.2, -0.15) is 11.8 Å². The summed E-state index contributed by atoms with van der Waals surface area (Å²) >= 11 is 1.88. The van der Waals surface area contributed by atoms with E-state index in [4.69, 9.17) is 0 Å². The molecule has 0 rings (SSSR count). The summed E-state index contributed by atoms with van der Waals surface area (Å²) in [5.41, 5.74) is 0. The molecule has 0 aliphatic rings. The van der Waals surface area contributed by atoms with Crippen molar-refractivity contribution in [3.63, 3.8) is 0 Å². The minimum absolute atomic E-state index is 0.110. The van der Waals surface area contributed by atoms with Gasteiger partial charge in [0.05, 0.1) is 6.61 Å². The van der Waals surface area contributed by atoms with Gasteiger partial charge in [-0.3, -0.25) is 0 Å². The van der Waals surface area contributed by atoms with Gasteiger partial charge in [-0.25, -0.2) is 5.11 Å². The molecule has 55 valence electrons. The van der Waals surface area contributed by atoms with Crippen LogP contribution in [0.2, 0.25) is 0 Å². The molecule has 0 heterocycles. The summed E-state index contributed by atoms with van der Waals surface area (Å²) < 4.78 is 0. The second-order valence-electron chi connectivity index (χ2n) is 2.11. The number of unbranched alkanes of at least 4 members (excludes halogenated alkanes) is 3. The van der Waals surface area contributed by atoms with E-state index in [1.165, 1.54) is 18.6 Å². The highest BCUT2D eigenvalue weighted by Gasteiger charge is 1.87. The monoisotopic (exact) mass is 147 g/mol. The third-order valence-electron chi connectivity index (χ3n) is 1.24. The number of thioether (sulfide) groups is 1. The Kier molecular flexibility index (Phi) is 8.60. The Morgan fingerprint density at radius 3 is 2.33 bits per heavy atom. The number of hydrogen-bond acceptors (Lipinski definition) is 1. The van der Waals surface area contributed by atoms with Gasteiger partial charge in [0.15, 0.2) is 0 Å². The highest BCUT2D eigenvalue weighted by Crippen LogP contribution is 2.03. The SMILES string of the molecule is CSCCCCCC[O]. The van der Waals surface area contributed by atoms with Crippen LogP contribution in [0, 0.1) is 0 Å². The van der Waals surface area contributed by atoms with Gasteiger partial charge >= 0.3 is 0 Å². The molecule has 1 radical (unpaired) electrons. The van der Waals surface area contributed by atoms with Crippen LogP contribution in [-0.4, -0.2) is 18.6 Å². The molecule has 0 aromatic rings. The maximum atomic E-state index is 9.96. The number of hydrogen-bond donors (Lipinski definition) is 0. The number of rotatable bonds is 6. The van der Waals surface area contributed by atoms with Gasteiger partial charge in [0.25, 0.3) is 0 Å². The average Bonchev–Trinajstić information content (AvgIpc) is 1.89. The minimum Gasteiger partial charge on any atom is -0.237 e. The van der Waals surface area contributed by atoms with Crippen molar-refractivity contribution in [1.82, 2.24) is 0 Å². The molecule has 0 bridgehead atoms. The molecule has 1 nitrogen and oxygen atoms in total. The highest BCUT2D eigenvalue weighted by molar-refractivity contribution is 7.98. The summed E-state index contributed by atoms with van der Waals surface area (Å²) in [6.45, 7) is 0.110. The van der Waals surface area contributed by atoms with Crippen LogP contribution < -0.4 is 0 Å². The van der Waals surface area contributed by atoms with Crippen molar-refractivity contribution in [3.05, 3.63) is 0 Å². The summed E-state index contributed by atoms with van der Waals surface area (Å²) in [5, 5.41) is 9.96. The first-order chi connectivity index (χ1) is 4.41. The fraction of sp³-hybridized carbons (Fsp3) is 1.00. The summed E-state index contributed by atoms with van der Waals surface area (Å²) in [4.78, 5) is 0. The lowest BCUT2D eigenvalue weighted by molar-refractivity contribution is 0.186. The normalized spacial score (nSPS) is 10.0. The van der Waals surface area contributed by atoms with Crippen LogP contribution >= 0.6 is 11.8 Å². The highest BCUT2D eigenvalue weighted by atomic mass is 32.2. The lowest BCUT2D eigenvalue weighted by atomic mass is 10.2. The van der Waals surface area contributed by atoms with Crippen molar-refractivity contribution < 1.29 is 5.11 Å². The smallest absolute Gasteiger partial charge is 0.0822 e. The summed E-state index contributed by atoms with van der Waals surface area (Å²) in [6, 6.07) is 0. The third-order valence-corrected chi connectivity index (χ3v) is 1.94. The zero-order valence-electron chi connectivity index (χ0n) is 6.06. The van der Waals surface area contributed by atoms with Gasteiger partial charge in [0, 0.05) is 0 Å². The van der Waals surface area contributed by atoms with E-state index in [1.807, 2.05) is 11.8 Å². The Morgan fingerprint density at radius 2 is 1.78 bits per heavy atom. The van der Waals surface area contributed by atoms with E-state index in [0.29, 0.717) is 0 Å². The molecule has 0 aliphatic heterocycles. The molecule has 2 heteroatoms. The molecule has 0 fully saturated rings. The summed E-state index contributed by atoms with van der Waals surface area (Å²) in [5.74, 6) is 1.25. The second-order valence-corrected chi connectivity index (χ2v) is 3.10. The molecule has 0 atom stereocenters. The van der Waals surface area contributed by atoms with Crippen LogP contribution in [0.1, 0.15) is 25.7 Å². The standard InChI is InChI=1S/C7H15OS/c1-9-7-5-3-2-4-6-8/h2-7H2,1H3. The van der Waals surface area contributed by atoms with E-state index in [0.717, 1.165) is 12.8 Å². The van der Waals surface area contributed by atoms with Crippen LogP contribution in [0.5, 0.6) is 0 Å². The zero-order valence-corrected chi connectivity index (χ0v) is 6.88. The van der Waals surface area contributed by atoms with E-state index in [1.54, 1.807) is 0 Å². The van der Waals surface area contributed by atoms with Crippen molar-refractivity contribution >= 4 is 11.8 Å². The van der Waals surface area contributed by atoms with Gasteiger partial charge in [0.1, 0.15) is 0 Å². The van der Waals surface area contributed by atoms with E-state index in [-0.39, 0.29) is 6.61 Å². The molecule has 0 aromatic heterocycles. The predicted octanol–water partition coefficient (Wildman–Crippen LogP) is 2.34. The molecule has 0 amide bonds. The summed E-state index contributed by atoms with van der Waals surface area (Å²) in [6.07, 6.45) is 6.64. The second kappa shape index (κ2) is 8.31. The van der Waals surface area contributed by atoms with Crippen LogP contribution in [0.3, 0.4) is 0 Å². The first-order valence-corrected chi connectivity index (χ1v) is 4.88. The minimum atomic E-state index is 0.110. The molecule has 0 saturated heterocycles. The zero-order chi connectivity index (χ0) is 6.95. The van der Waals surface area contributed by atoms with Gasteiger partial charge in [-0.1, -0.05) is 12.8 Å². The fourth-order valence-electron chi connectivity index (χ4n) is 0.702. The first kappa shape index (κ1) is 9.31. The van der Waals surface area contributed by atoms with Gasteiger partial charge in [-0.05, 0) is 24.9 Å². The van der Waals surface area contributed by atoms with E-state index in [9.17, 15) is 5.11 Å².